The van der Waals surface area contributed by atoms with Gasteiger partial charge in [-0.15, -0.1) is 0 Å². The van der Waals surface area contributed by atoms with Crippen LogP contribution in [0.1, 0.15) is 39.5 Å². The zero-order valence-electron chi connectivity index (χ0n) is 9.03. The van der Waals surface area contributed by atoms with Crippen LogP contribution in [0.3, 0.4) is 0 Å². The van der Waals surface area contributed by atoms with Crippen molar-refractivity contribution in [2.45, 2.75) is 45.6 Å². The van der Waals surface area contributed by atoms with Gasteiger partial charge in [-0.1, -0.05) is 26.2 Å². The van der Waals surface area contributed by atoms with Gasteiger partial charge in [0.15, 0.2) is 0 Å². The molecule has 0 aliphatic carbocycles. The Balaban J connectivity index is 3.58. The van der Waals surface area contributed by atoms with E-state index >= 15 is 0 Å². The smallest absolute Gasteiger partial charge is 0.330 e. The fourth-order valence-corrected chi connectivity index (χ4v) is 1.08. The van der Waals surface area contributed by atoms with Crippen LogP contribution >= 0.6 is 0 Å². The van der Waals surface area contributed by atoms with Crippen molar-refractivity contribution in [3.63, 3.8) is 0 Å². The van der Waals surface area contributed by atoms with Gasteiger partial charge in [0.2, 0.25) is 0 Å². The fraction of sp³-hybridized carbons (Fsp3) is 0.727. The lowest BCUT2D eigenvalue weighted by Gasteiger charge is -2.03. The predicted octanol–water partition coefficient (Wildman–Crippen LogP) is 2.05. The highest BCUT2D eigenvalue weighted by molar-refractivity contribution is 5.81. The van der Waals surface area contributed by atoms with Crippen molar-refractivity contribution in [3.8, 4) is 0 Å². The van der Waals surface area contributed by atoms with Crippen LogP contribution < -0.4 is 0 Å². The zero-order chi connectivity index (χ0) is 10.8. The van der Waals surface area contributed by atoms with Crippen molar-refractivity contribution in [1.29, 1.82) is 0 Å². The second-order valence-corrected chi connectivity index (χ2v) is 3.17. The van der Waals surface area contributed by atoms with Crippen molar-refractivity contribution in [3.05, 3.63) is 12.2 Å². The van der Waals surface area contributed by atoms with E-state index in [1.165, 1.54) is 12.2 Å². The summed E-state index contributed by atoms with van der Waals surface area (Å²) < 4.78 is 4.68. The highest BCUT2D eigenvalue weighted by atomic mass is 16.5. The van der Waals surface area contributed by atoms with E-state index in [0.29, 0.717) is 13.0 Å². The molecule has 14 heavy (non-hydrogen) atoms. The monoisotopic (exact) mass is 200 g/mol. The number of esters is 1. The summed E-state index contributed by atoms with van der Waals surface area (Å²) in [6.07, 6.45) is 6.21. The van der Waals surface area contributed by atoms with E-state index in [9.17, 15) is 9.90 Å². The highest BCUT2D eigenvalue weighted by Crippen LogP contribution is 2.04. The van der Waals surface area contributed by atoms with Gasteiger partial charge in [0.25, 0.3) is 0 Å². The molecule has 0 saturated heterocycles. The maximum absolute atomic E-state index is 10.9. The van der Waals surface area contributed by atoms with E-state index in [4.69, 9.17) is 0 Å². The number of aliphatic hydroxyl groups is 1. The Kier molecular flexibility index (Phi) is 8.24. The molecule has 0 aromatic heterocycles. The van der Waals surface area contributed by atoms with Crippen LogP contribution in [0.5, 0.6) is 0 Å². The van der Waals surface area contributed by atoms with Gasteiger partial charge in [-0.25, -0.2) is 4.79 Å². The first-order valence-corrected chi connectivity index (χ1v) is 5.23. The van der Waals surface area contributed by atoms with Gasteiger partial charge in [-0.2, -0.15) is 0 Å². The first kappa shape index (κ1) is 13.2. The SMILES string of the molecule is CCCCC[C@H](O)/C=C/C(=O)OCC. The summed E-state index contributed by atoms with van der Waals surface area (Å²) in [5.74, 6) is -0.387. The summed E-state index contributed by atoms with van der Waals surface area (Å²) in [4.78, 5) is 10.9. The Morgan fingerprint density at radius 1 is 1.43 bits per heavy atom. The van der Waals surface area contributed by atoms with E-state index in [0.717, 1.165) is 19.3 Å². The summed E-state index contributed by atoms with van der Waals surface area (Å²) in [5.41, 5.74) is 0. The third-order valence-electron chi connectivity index (χ3n) is 1.84. The molecule has 0 aromatic carbocycles. The molecule has 82 valence electrons. The standard InChI is InChI=1S/C11H20O3/c1-3-5-6-7-10(12)8-9-11(13)14-4-2/h8-10,12H,3-7H2,1-2H3/b9-8+/t10-/m0/s1. The molecule has 0 saturated carbocycles. The van der Waals surface area contributed by atoms with Crippen LogP contribution in [0.4, 0.5) is 0 Å². The topological polar surface area (TPSA) is 46.5 Å². The normalized spacial score (nSPS) is 13.1. The van der Waals surface area contributed by atoms with Gasteiger partial charge < -0.3 is 9.84 Å². The molecule has 0 aliphatic heterocycles. The number of aliphatic hydroxyl groups excluding tert-OH is 1. The molecular weight excluding hydrogens is 180 g/mol. The lowest BCUT2D eigenvalue weighted by molar-refractivity contribution is -0.137. The van der Waals surface area contributed by atoms with Crippen molar-refractivity contribution < 1.29 is 14.6 Å². The second-order valence-electron chi connectivity index (χ2n) is 3.17. The van der Waals surface area contributed by atoms with Crippen LogP contribution in [0, 0.1) is 0 Å². The summed E-state index contributed by atoms with van der Waals surface area (Å²) in [6.45, 7) is 4.24. The molecule has 0 rings (SSSR count). The number of hydrogen-bond donors (Lipinski definition) is 1. The van der Waals surface area contributed by atoms with E-state index in [-0.39, 0.29) is 5.97 Å². The Labute approximate surface area is 85.8 Å². The number of hydrogen-bond acceptors (Lipinski definition) is 3. The van der Waals surface area contributed by atoms with E-state index in [2.05, 4.69) is 11.7 Å². The van der Waals surface area contributed by atoms with Gasteiger partial charge >= 0.3 is 5.97 Å². The average Bonchev–Trinajstić information content (AvgIpc) is 2.16. The summed E-state index contributed by atoms with van der Waals surface area (Å²) in [6, 6.07) is 0. The molecule has 0 heterocycles. The third-order valence-corrected chi connectivity index (χ3v) is 1.84. The van der Waals surface area contributed by atoms with E-state index in [1.54, 1.807) is 6.92 Å². The van der Waals surface area contributed by atoms with Gasteiger partial charge in [-0.05, 0) is 19.4 Å². The van der Waals surface area contributed by atoms with Gasteiger partial charge in [0, 0.05) is 6.08 Å². The fourth-order valence-electron chi connectivity index (χ4n) is 1.08. The van der Waals surface area contributed by atoms with Crippen LogP contribution in [-0.4, -0.2) is 23.8 Å². The number of unbranched alkanes of at least 4 members (excludes halogenated alkanes) is 2. The first-order valence-electron chi connectivity index (χ1n) is 5.23. The molecule has 3 nitrogen and oxygen atoms in total. The lowest BCUT2D eigenvalue weighted by atomic mass is 10.1. The van der Waals surface area contributed by atoms with Crippen molar-refractivity contribution in [2.75, 3.05) is 6.61 Å². The maximum Gasteiger partial charge on any atom is 0.330 e. The van der Waals surface area contributed by atoms with Gasteiger partial charge in [0.05, 0.1) is 12.7 Å². The molecule has 0 amide bonds. The molecule has 0 unspecified atom stereocenters. The molecule has 0 radical (unpaired) electrons. The molecular formula is C11H20O3. The van der Waals surface area contributed by atoms with Crippen LogP contribution in [0.15, 0.2) is 12.2 Å². The predicted molar refractivity (Wildman–Crippen MR) is 55.9 cm³/mol. The summed E-state index contributed by atoms with van der Waals surface area (Å²) in [7, 11) is 0. The molecule has 0 bridgehead atoms. The number of rotatable bonds is 7. The first-order chi connectivity index (χ1) is 6.70. The minimum Gasteiger partial charge on any atom is -0.463 e. The maximum atomic E-state index is 10.9. The summed E-state index contributed by atoms with van der Waals surface area (Å²) >= 11 is 0. The van der Waals surface area contributed by atoms with Gasteiger partial charge in [-0.3, -0.25) is 0 Å². The second kappa shape index (κ2) is 8.75. The molecule has 1 atom stereocenters. The Hall–Kier alpha value is -0.830. The molecule has 0 aromatic rings. The molecule has 3 heteroatoms. The van der Waals surface area contributed by atoms with Crippen LogP contribution in [0.25, 0.3) is 0 Å². The van der Waals surface area contributed by atoms with Crippen molar-refractivity contribution >= 4 is 5.97 Å². The van der Waals surface area contributed by atoms with Crippen LogP contribution in [0.2, 0.25) is 0 Å². The molecule has 0 aliphatic rings. The van der Waals surface area contributed by atoms with Crippen LogP contribution in [-0.2, 0) is 9.53 Å². The minimum atomic E-state index is -0.522. The number of ether oxygens (including phenoxy) is 1. The largest absolute Gasteiger partial charge is 0.463 e. The molecule has 1 N–H and O–H groups in total. The van der Waals surface area contributed by atoms with Crippen molar-refractivity contribution in [2.24, 2.45) is 0 Å². The highest BCUT2D eigenvalue weighted by Gasteiger charge is 2.00. The Morgan fingerprint density at radius 3 is 2.71 bits per heavy atom. The van der Waals surface area contributed by atoms with E-state index in [1.807, 2.05) is 0 Å². The Bertz CT molecular complexity index is 175. The van der Waals surface area contributed by atoms with E-state index < -0.39 is 6.10 Å². The Morgan fingerprint density at radius 2 is 2.14 bits per heavy atom. The van der Waals surface area contributed by atoms with Gasteiger partial charge in [0.1, 0.15) is 0 Å². The number of carbonyl (C=O) groups excluding carboxylic acids is 1. The lowest BCUT2D eigenvalue weighted by Crippen LogP contribution is -2.05. The molecule has 0 spiro atoms. The quantitative estimate of drug-likeness (QED) is 0.388. The minimum absolute atomic E-state index is 0.370. The number of carbonyl (C=O) groups is 1. The molecule has 0 fully saturated rings. The third kappa shape index (κ3) is 7.80. The average molecular weight is 200 g/mol. The van der Waals surface area contributed by atoms with Crippen molar-refractivity contribution in [1.82, 2.24) is 0 Å². The zero-order valence-corrected chi connectivity index (χ0v) is 9.03. The summed E-state index contributed by atoms with van der Waals surface area (Å²) in [5, 5.41) is 9.40.